The Hall–Kier alpha value is -3.18. The van der Waals surface area contributed by atoms with Crippen molar-refractivity contribution < 1.29 is 4.79 Å². The van der Waals surface area contributed by atoms with Gasteiger partial charge in [-0.3, -0.25) is 4.90 Å². The quantitative estimate of drug-likeness (QED) is 0.442. The summed E-state index contributed by atoms with van der Waals surface area (Å²) in [7, 11) is 0. The number of carbonyl (C=O) groups is 1. The average molecular weight is 400 g/mol. The Bertz CT molecular complexity index is 1170. The zero-order chi connectivity index (χ0) is 19.8. The molecule has 0 fully saturated rings. The van der Waals surface area contributed by atoms with Crippen molar-refractivity contribution in [2.75, 3.05) is 11.4 Å². The van der Waals surface area contributed by atoms with Crippen molar-refractivity contribution >= 4 is 40.1 Å². The van der Waals surface area contributed by atoms with E-state index in [4.69, 9.17) is 0 Å². The van der Waals surface area contributed by atoms with Gasteiger partial charge in [-0.2, -0.15) is 0 Å². The van der Waals surface area contributed by atoms with E-state index in [1.54, 1.807) is 16.7 Å². The van der Waals surface area contributed by atoms with Crippen molar-refractivity contribution in [3.8, 4) is 0 Å². The molecule has 29 heavy (non-hydrogen) atoms. The van der Waals surface area contributed by atoms with E-state index < -0.39 is 0 Å². The molecule has 5 rings (SSSR count). The first kappa shape index (κ1) is 17.9. The zero-order valence-corrected chi connectivity index (χ0v) is 16.9. The average Bonchev–Trinajstić information content (AvgIpc) is 3.14. The van der Waals surface area contributed by atoms with Gasteiger partial charge in [0, 0.05) is 33.4 Å². The number of hydrogen-bond acceptors (Lipinski definition) is 2. The van der Waals surface area contributed by atoms with Crippen LogP contribution in [0, 0.1) is 6.92 Å². The molecular formula is C24H21N3OS. The number of urea groups is 1. The summed E-state index contributed by atoms with van der Waals surface area (Å²) in [6.45, 7) is 2.68. The maximum Gasteiger partial charge on any atom is 0.326 e. The van der Waals surface area contributed by atoms with Crippen molar-refractivity contribution in [1.82, 2.24) is 10.3 Å². The Morgan fingerprint density at radius 2 is 1.69 bits per heavy atom. The van der Waals surface area contributed by atoms with E-state index >= 15 is 0 Å². The lowest BCUT2D eigenvalue weighted by Crippen LogP contribution is -2.39. The van der Waals surface area contributed by atoms with Gasteiger partial charge in [0.15, 0.2) is 0 Å². The molecular weight excluding hydrogens is 378 g/mol. The molecule has 0 aliphatic carbocycles. The summed E-state index contributed by atoms with van der Waals surface area (Å²) >= 11 is 1.70. The topological polar surface area (TPSA) is 48.1 Å². The molecule has 0 atom stereocenters. The number of amides is 2. The number of rotatable bonds is 3. The summed E-state index contributed by atoms with van der Waals surface area (Å²) in [5.41, 5.74) is 5.45. The molecule has 3 aromatic carbocycles. The highest BCUT2D eigenvalue weighted by molar-refractivity contribution is 7.99. The number of hydrogen-bond donors (Lipinski definition) is 2. The lowest BCUT2D eigenvalue weighted by Gasteiger charge is -2.31. The van der Waals surface area contributed by atoms with Crippen LogP contribution < -0.4 is 10.2 Å². The third-order valence-corrected chi connectivity index (χ3v) is 6.36. The monoisotopic (exact) mass is 399 g/mol. The molecule has 0 spiro atoms. The molecule has 0 unspecified atom stereocenters. The Balaban J connectivity index is 1.36. The fourth-order valence-electron chi connectivity index (χ4n) is 3.81. The Labute approximate surface area is 173 Å². The van der Waals surface area contributed by atoms with Crippen LogP contribution in [0.1, 0.15) is 11.1 Å². The number of fused-ring (bicyclic) bond motifs is 3. The summed E-state index contributed by atoms with van der Waals surface area (Å²) in [6, 6.07) is 22.4. The Morgan fingerprint density at radius 3 is 2.41 bits per heavy atom. The van der Waals surface area contributed by atoms with Crippen LogP contribution in [-0.2, 0) is 6.42 Å². The fraction of sp³-hybridized carbons (Fsp3) is 0.125. The van der Waals surface area contributed by atoms with Gasteiger partial charge in [-0.25, -0.2) is 4.79 Å². The predicted molar refractivity (Wildman–Crippen MR) is 119 cm³/mol. The molecule has 1 aliphatic rings. The first-order chi connectivity index (χ1) is 14.2. The van der Waals surface area contributed by atoms with Crippen LogP contribution in [0.2, 0.25) is 0 Å². The van der Waals surface area contributed by atoms with Gasteiger partial charge >= 0.3 is 6.03 Å². The van der Waals surface area contributed by atoms with E-state index in [0.717, 1.165) is 33.1 Å². The van der Waals surface area contributed by atoms with Crippen LogP contribution in [0.15, 0.2) is 82.7 Å². The maximum absolute atomic E-state index is 13.2. The Kier molecular flexibility index (Phi) is 4.52. The number of H-pyrrole nitrogens is 1. The highest BCUT2D eigenvalue weighted by atomic mass is 32.2. The minimum absolute atomic E-state index is 0.0961. The second-order valence-corrected chi connectivity index (χ2v) is 8.30. The highest BCUT2D eigenvalue weighted by Gasteiger charge is 2.27. The molecule has 4 aromatic rings. The molecule has 0 saturated heterocycles. The predicted octanol–water partition coefficient (Wildman–Crippen LogP) is 6.03. The van der Waals surface area contributed by atoms with Crippen molar-refractivity contribution in [1.29, 1.82) is 0 Å². The van der Waals surface area contributed by atoms with Crippen LogP contribution >= 0.6 is 11.8 Å². The van der Waals surface area contributed by atoms with Crippen LogP contribution in [0.25, 0.3) is 10.9 Å². The molecule has 2 heterocycles. The molecule has 1 aliphatic heterocycles. The van der Waals surface area contributed by atoms with Crippen LogP contribution in [0.4, 0.5) is 16.2 Å². The van der Waals surface area contributed by atoms with Crippen LogP contribution in [0.3, 0.4) is 0 Å². The summed E-state index contributed by atoms with van der Waals surface area (Å²) in [4.78, 5) is 20.5. The Morgan fingerprint density at radius 1 is 1.00 bits per heavy atom. The number of para-hydroxylation sites is 2. The smallest absolute Gasteiger partial charge is 0.326 e. The van der Waals surface area contributed by atoms with Crippen molar-refractivity contribution in [3.63, 3.8) is 0 Å². The highest BCUT2D eigenvalue weighted by Crippen LogP contribution is 2.47. The minimum Gasteiger partial charge on any atom is -0.361 e. The molecule has 4 nitrogen and oxygen atoms in total. The minimum atomic E-state index is -0.0961. The van der Waals surface area contributed by atoms with Crippen molar-refractivity contribution in [2.24, 2.45) is 0 Å². The van der Waals surface area contributed by atoms with Crippen molar-refractivity contribution in [2.45, 2.75) is 23.1 Å². The number of nitrogens with one attached hydrogen (secondary N) is 2. The normalized spacial score (nSPS) is 12.5. The largest absolute Gasteiger partial charge is 0.361 e. The second kappa shape index (κ2) is 7.33. The van der Waals surface area contributed by atoms with Gasteiger partial charge < -0.3 is 10.3 Å². The third kappa shape index (κ3) is 3.28. The first-order valence-electron chi connectivity index (χ1n) is 9.71. The summed E-state index contributed by atoms with van der Waals surface area (Å²) in [5, 5.41) is 4.34. The van der Waals surface area contributed by atoms with E-state index in [2.05, 4.69) is 47.6 Å². The number of aryl methyl sites for hydroxylation is 1. The molecule has 144 valence electrons. The SMILES string of the molecule is Cc1ccc2[nH]cc(CCNC(=O)N3c4ccccc4Sc4ccccc43)c2c1. The number of carbonyl (C=O) groups excluding carboxylic acids is 1. The lowest BCUT2D eigenvalue weighted by atomic mass is 10.1. The third-order valence-electron chi connectivity index (χ3n) is 5.23. The van der Waals surface area contributed by atoms with E-state index in [1.807, 2.05) is 42.6 Å². The van der Waals surface area contributed by atoms with Gasteiger partial charge in [-0.1, -0.05) is 47.7 Å². The van der Waals surface area contributed by atoms with Crippen molar-refractivity contribution in [3.05, 3.63) is 84.1 Å². The number of aromatic amines is 1. The molecule has 1 aromatic heterocycles. The van der Waals surface area contributed by atoms with E-state index in [9.17, 15) is 4.79 Å². The van der Waals surface area contributed by atoms with Gasteiger partial charge in [0.2, 0.25) is 0 Å². The second-order valence-electron chi connectivity index (χ2n) is 7.22. The van der Waals surface area contributed by atoms with Gasteiger partial charge in [-0.05, 0) is 55.3 Å². The van der Waals surface area contributed by atoms with E-state index in [0.29, 0.717) is 6.54 Å². The van der Waals surface area contributed by atoms with Gasteiger partial charge in [0.1, 0.15) is 0 Å². The molecule has 0 bridgehead atoms. The van der Waals surface area contributed by atoms with Crippen LogP contribution in [-0.4, -0.2) is 17.6 Å². The van der Waals surface area contributed by atoms with Gasteiger partial charge in [0.05, 0.1) is 11.4 Å². The molecule has 5 heteroatoms. The lowest BCUT2D eigenvalue weighted by molar-refractivity contribution is 0.248. The number of nitrogens with zero attached hydrogens (tertiary/aromatic N) is 1. The maximum atomic E-state index is 13.2. The fourth-order valence-corrected chi connectivity index (χ4v) is 4.86. The van der Waals surface area contributed by atoms with Crippen LogP contribution in [0.5, 0.6) is 0 Å². The van der Waals surface area contributed by atoms with E-state index in [1.165, 1.54) is 16.5 Å². The summed E-state index contributed by atoms with van der Waals surface area (Å²) in [5.74, 6) is 0. The molecule has 0 saturated carbocycles. The standard InChI is InChI=1S/C24H21N3OS/c1-16-10-11-19-18(14-16)17(15-26-19)12-13-25-24(28)27-20-6-2-4-8-22(20)29-23-9-5-3-7-21(23)27/h2-11,14-15,26H,12-13H2,1H3,(H,25,28). The number of benzene rings is 3. The molecule has 0 radical (unpaired) electrons. The number of aromatic nitrogens is 1. The molecule has 2 N–H and O–H groups in total. The summed E-state index contributed by atoms with van der Waals surface area (Å²) in [6.07, 6.45) is 2.82. The zero-order valence-electron chi connectivity index (χ0n) is 16.1. The number of anilines is 2. The summed E-state index contributed by atoms with van der Waals surface area (Å²) < 4.78 is 0. The van der Waals surface area contributed by atoms with E-state index in [-0.39, 0.29) is 6.03 Å². The van der Waals surface area contributed by atoms with Gasteiger partial charge in [-0.15, -0.1) is 0 Å². The van der Waals surface area contributed by atoms with Gasteiger partial charge in [0.25, 0.3) is 0 Å². The first-order valence-corrected chi connectivity index (χ1v) is 10.5. The molecule has 2 amide bonds.